The molecule has 0 saturated heterocycles. The van der Waals surface area contributed by atoms with Gasteiger partial charge in [-0.25, -0.2) is 4.39 Å². The van der Waals surface area contributed by atoms with E-state index in [4.69, 9.17) is 16.3 Å². The highest BCUT2D eigenvalue weighted by molar-refractivity contribution is 9.10. The summed E-state index contributed by atoms with van der Waals surface area (Å²) < 4.78 is 18.5. The maximum Gasteiger partial charge on any atom is 0.194 e. The Labute approximate surface area is 183 Å². The average Bonchev–Trinajstić information content (AvgIpc) is 2.68. The summed E-state index contributed by atoms with van der Waals surface area (Å²) in [4.78, 5) is 13.0. The summed E-state index contributed by atoms with van der Waals surface area (Å²) >= 11 is 9.88. The fourth-order valence-corrected chi connectivity index (χ4v) is 3.72. The Morgan fingerprint density at radius 3 is 2.45 bits per heavy atom. The Hall–Kier alpha value is -2.37. The van der Waals surface area contributed by atoms with Gasteiger partial charge in [0, 0.05) is 27.0 Å². The number of alkyl halides is 1. The van der Waals surface area contributed by atoms with Crippen molar-refractivity contribution < 1.29 is 13.9 Å². The van der Waals surface area contributed by atoms with Gasteiger partial charge in [-0.05, 0) is 79.6 Å². The van der Waals surface area contributed by atoms with Crippen LogP contribution in [0.3, 0.4) is 0 Å². The first kappa shape index (κ1) is 21.3. The van der Waals surface area contributed by atoms with Crippen LogP contribution in [0.5, 0.6) is 5.75 Å². The topological polar surface area (TPSA) is 38.3 Å². The number of aryl methyl sites for hydroxylation is 2. The van der Waals surface area contributed by atoms with E-state index < -0.39 is 6.67 Å². The number of nitrogens with one attached hydrogen (secondary N) is 1. The van der Waals surface area contributed by atoms with Gasteiger partial charge < -0.3 is 10.1 Å². The van der Waals surface area contributed by atoms with E-state index in [1.807, 2.05) is 38.1 Å². The van der Waals surface area contributed by atoms with Gasteiger partial charge in [-0.15, -0.1) is 0 Å². The summed E-state index contributed by atoms with van der Waals surface area (Å²) in [7, 11) is 0. The highest BCUT2D eigenvalue weighted by atomic mass is 79.9. The number of hydrogen-bond acceptors (Lipinski definition) is 3. The van der Waals surface area contributed by atoms with Crippen LogP contribution in [0.15, 0.2) is 59.1 Å². The normalized spacial score (nSPS) is 10.7. The molecule has 0 aromatic heterocycles. The zero-order valence-electron chi connectivity index (χ0n) is 16.1. The van der Waals surface area contributed by atoms with Crippen molar-refractivity contribution in [2.24, 2.45) is 0 Å². The van der Waals surface area contributed by atoms with Crippen LogP contribution in [0.2, 0.25) is 5.02 Å². The first-order valence-electron chi connectivity index (χ1n) is 9.06. The van der Waals surface area contributed by atoms with Gasteiger partial charge in [0.05, 0.1) is 5.02 Å². The van der Waals surface area contributed by atoms with Crippen LogP contribution in [0.4, 0.5) is 15.8 Å². The lowest BCUT2D eigenvalue weighted by atomic mass is 9.98. The molecule has 6 heteroatoms. The maximum atomic E-state index is 13.0. The van der Waals surface area contributed by atoms with Gasteiger partial charge in [0.25, 0.3) is 0 Å². The number of hydrogen-bond donors (Lipinski definition) is 1. The molecule has 0 fully saturated rings. The van der Waals surface area contributed by atoms with Crippen molar-refractivity contribution in [1.29, 1.82) is 0 Å². The quantitative estimate of drug-likeness (QED) is 0.372. The minimum Gasteiger partial charge on any atom is -0.491 e. The predicted octanol–water partition coefficient (Wildman–Crippen LogP) is 7.04. The molecule has 0 aliphatic heterocycles. The maximum absolute atomic E-state index is 13.0. The number of benzene rings is 3. The molecular weight excluding hydrogens is 457 g/mol. The largest absolute Gasteiger partial charge is 0.491 e. The second-order valence-corrected chi connectivity index (χ2v) is 7.95. The van der Waals surface area contributed by atoms with Crippen LogP contribution in [-0.2, 0) is 0 Å². The van der Waals surface area contributed by atoms with E-state index in [2.05, 4.69) is 21.2 Å². The number of rotatable bonds is 7. The van der Waals surface area contributed by atoms with Gasteiger partial charge in [0.1, 0.15) is 19.0 Å². The van der Waals surface area contributed by atoms with Crippen molar-refractivity contribution in [3.63, 3.8) is 0 Å². The lowest BCUT2D eigenvalue weighted by molar-refractivity contribution is 0.103. The molecule has 1 N–H and O–H groups in total. The first-order chi connectivity index (χ1) is 13.9. The van der Waals surface area contributed by atoms with E-state index in [-0.39, 0.29) is 12.4 Å². The van der Waals surface area contributed by atoms with Crippen LogP contribution in [0.1, 0.15) is 27.0 Å². The molecule has 0 heterocycles. The SMILES string of the molecule is Cc1cc(Br)ccc1Nc1ccc(C(=O)c2ccc(OCCF)cc2C)c(Cl)c1. The van der Waals surface area contributed by atoms with Crippen molar-refractivity contribution in [3.05, 3.63) is 86.3 Å². The molecule has 0 radical (unpaired) electrons. The molecule has 0 aliphatic rings. The molecule has 3 aromatic carbocycles. The Kier molecular flexibility index (Phi) is 6.93. The second-order valence-electron chi connectivity index (χ2n) is 6.62. The second kappa shape index (κ2) is 9.42. The standard InChI is InChI=1S/C23H20BrClFNO2/c1-14-12-18(29-10-9-26)5-7-19(14)23(28)20-6-4-17(13-21(20)25)27-22-8-3-16(24)11-15(22)2/h3-8,11-13,27H,9-10H2,1-2H3. The molecule has 150 valence electrons. The lowest BCUT2D eigenvalue weighted by Gasteiger charge is -2.13. The minimum absolute atomic E-state index is 0.00906. The summed E-state index contributed by atoms with van der Waals surface area (Å²) in [5, 5.41) is 3.69. The van der Waals surface area contributed by atoms with Crippen LogP contribution in [0, 0.1) is 13.8 Å². The molecule has 3 nitrogen and oxygen atoms in total. The lowest BCUT2D eigenvalue weighted by Crippen LogP contribution is -2.06. The highest BCUT2D eigenvalue weighted by Gasteiger charge is 2.16. The number of ketones is 1. The van der Waals surface area contributed by atoms with E-state index >= 15 is 0 Å². The number of halogens is 3. The Morgan fingerprint density at radius 2 is 1.79 bits per heavy atom. The van der Waals surface area contributed by atoms with Gasteiger partial charge in [-0.1, -0.05) is 27.5 Å². The van der Waals surface area contributed by atoms with Crippen LogP contribution in [-0.4, -0.2) is 19.1 Å². The summed E-state index contributed by atoms with van der Waals surface area (Å²) in [5.41, 5.74) is 4.54. The van der Waals surface area contributed by atoms with Crippen molar-refractivity contribution in [1.82, 2.24) is 0 Å². The summed E-state index contributed by atoms with van der Waals surface area (Å²) in [6.45, 7) is 3.26. The minimum atomic E-state index is -0.560. The zero-order valence-corrected chi connectivity index (χ0v) is 18.4. The molecule has 0 unspecified atom stereocenters. The Morgan fingerprint density at radius 1 is 1.03 bits per heavy atom. The summed E-state index contributed by atoms with van der Waals surface area (Å²) in [6.07, 6.45) is 0. The first-order valence-corrected chi connectivity index (χ1v) is 10.2. The number of anilines is 2. The van der Waals surface area contributed by atoms with Crippen molar-refractivity contribution >= 4 is 44.7 Å². The van der Waals surface area contributed by atoms with Gasteiger partial charge >= 0.3 is 0 Å². The van der Waals surface area contributed by atoms with Crippen molar-refractivity contribution in [2.45, 2.75) is 13.8 Å². The fourth-order valence-electron chi connectivity index (χ4n) is 2.98. The van der Waals surface area contributed by atoms with Crippen LogP contribution in [0.25, 0.3) is 0 Å². The van der Waals surface area contributed by atoms with Crippen LogP contribution >= 0.6 is 27.5 Å². The molecule has 0 saturated carbocycles. The molecule has 0 bridgehead atoms. The van der Waals surface area contributed by atoms with Crippen molar-refractivity contribution in [3.8, 4) is 5.75 Å². The van der Waals surface area contributed by atoms with Gasteiger partial charge in [-0.2, -0.15) is 0 Å². The number of carbonyl (C=O) groups excluding carboxylic acids is 1. The summed E-state index contributed by atoms with van der Waals surface area (Å²) in [5.74, 6) is 0.364. The predicted molar refractivity (Wildman–Crippen MR) is 120 cm³/mol. The van der Waals surface area contributed by atoms with Gasteiger partial charge in [0.2, 0.25) is 0 Å². The van der Waals surface area contributed by atoms with E-state index in [0.29, 0.717) is 21.9 Å². The Bertz CT molecular complexity index is 1060. The molecule has 0 amide bonds. The zero-order chi connectivity index (χ0) is 21.0. The third-order valence-electron chi connectivity index (χ3n) is 4.47. The van der Waals surface area contributed by atoms with Crippen molar-refractivity contribution in [2.75, 3.05) is 18.6 Å². The molecule has 29 heavy (non-hydrogen) atoms. The molecular formula is C23H20BrClFNO2. The molecule has 0 aliphatic carbocycles. The third kappa shape index (κ3) is 5.17. The third-order valence-corrected chi connectivity index (χ3v) is 5.28. The van der Waals surface area contributed by atoms with E-state index in [9.17, 15) is 9.18 Å². The average molecular weight is 477 g/mol. The van der Waals surface area contributed by atoms with E-state index in [0.717, 1.165) is 27.0 Å². The van der Waals surface area contributed by atoms with E-state index in [1.54, 1.807) is 30.3 Å². The molecule has 3 rings (SSSR count). The highest BCUT2D eigenvalue weighted by Crippen LogP contribution is 2.29. The van der Waals surface area contributed by atoms with Crippen LogP contribution < -0.4 is 10.1 Å². The molecule has 3 aromatic rings. The monoisotopic (exact) mass is 475 g/mol. The molecule has 0 spiro atoms. The molecule has 0 atom stereocenters. The smallest absolute Gasteiger partial charge is 0.194 e. The van der Waals surface area contributed by atoms with E-state index in [1.165, 1.54) is 0 Å². The van der Waals surface area contributed by atoms with Gasteiger partial charge in [0.15, 0.2) is 5.78 Å². The fraction of sp³-hybridized carbons (Fsp3) is 0.174. The summed E-state index contributed by atoms with van der Waals surface area (Å²) in [6, 6.07) is 16.3. The number of ether oxygens (including phenoxy) is 1. The van der Waals surface area contributed by atoms with Gasteiger partial charge in [-0.3, -0.25) is 4.79 Å². The number of carbonyl (C=O) groups is 1. The Balaban J connectivity index is 1.82.